The third-order valence-corrected chi connectivity index (χ3v) is 6.98. The minimum atomic E-state index is -0.111. The van der Waals surface area contributed by atoms with E-state index < -0.39 is 0 Å². The van der Waals surface area contributed by atoms with Crippen molar-refractivity contribution in [3.05, 3.63) is 29.3 Å². The Kier molecular flexibility index (Phi) is 2.91. The van der Waals surface area contributed by atoms with Gasteiger partial charge in [-0.25, -0.2) is 0 Å². The highest BCUT2D eigenvalue weighted by Gasteiger charge is 2.57. The maximum atomic E-state index is 10.5. The Labute approximate surface area is 127 Å². The summed E-state index contributed by atoms with van der Waals surface area (Å²) >= 11 is 0. The van der Waals surface area contributed by atoms with Gasteiger partial charge in [0.2, 0.25) is 0 Å². The molecule has 0 saturated heterocycles. The minimum Gasteiger partial charge on any atom is -0.508 e. The average molecular weight is 286 g/mol. The molecule has 0 bridgehead atoms. The summed E-state index contributed by atoms with van der Waals surface area (Å²) in [5, 5.41) is 20.3. The van der Waals surface area contributed by atoms with Gasteiger partial charge in [-0.15, -0.1) is 0 Å². The first kappa shape index (κ1) is 13.6. The third-order valence-electron chi connectivity index (χ3n) is 6.98. The maximum absolute atomic E-state index is 10.5. The van der Waals surface area contributed by atoms with Crippen molar-refractivity contribution in [3.8, 4) is 5.75 Å². The number of aliphatic hydroxyl groups is 1. The summed E-state index contributed by atoms with van der Waals surface area (Å²) in [4.78, 5) is 0. The highest BCUT2D eigenvalue weighted by Crippen LogP contribution is 2.62. The molecule has 0 aliphatic heterocycles. The van der Waals surface area contributed by atoms with Gasteiger partial charge in [-0.1, -0.05) is 19.9 Å². The first-order valence-electron chi connectivity index (χ1n) is 8.50. The van der Waals surface area contributed by atoms with Gasteiger partial charge in [0.15, 0.2) is 0 Å². The van der Waals surface area contributed by atoms with E-state index in [9.17, 15) is 10.2 Å². The maximum Gasteiger partial charge on any atom is 0.115 e. The summed E-state index contributed by atoms with van der Waals surface area (Å²) in [6.45, 7) is 4.67. The summed E-state index contributed by atoms with van der Waals surface area (Å²) in [6.07, 6.45) is 5.51. The van der Waals surface area contributed by atoms with Crippen molar-refractivity contribution in [1.29, 1.82) is 0 Å². The zero-order chi connectivity index (χ0) is 14.8. The number of fused-ring (bicyclic) bond motifs is 5. The van der Waals surface area contributed by atoms with Gasteiger partial charge >= 0.3 is 0 Å². The number of rotatable bonds is 0. The van der Waals surface area contributed by atoms with Crippen molar-refractivity contribution in [2.45, 2.75) is 58.0 Å². The Morgan fingerprint density at radius 2 is 2.05 bits per heavy atom. The van der Waals surface area contributed by atoms with Gasteiger partial charge in [0.1, 0.15) is 5.75 Å². The quantitative estimate of drug-likeness (QED) is 0.760. The van der Waals surface area contributed by atoms with Crippen LogP contribution < -0.4 is 0 Å². The van der Waals surface area contributed by atoms with Crippen molar-refractivity contribution < 1.29 is 10.2 Å². The van der Waals surface area contributed by atoms with Crippen LogP contribution in [0, 0.1) is 23.2 Å². The molecule has 2 N–H and O–H groups in total. The lowest BCUT2D eigenvalue weighted by Crippen LogP contribution is -2.45. The van der Waals surface area contributed by atoms with Gasteiger partial charge < -0.3 is 10.2 Å². The van der Waals surface area contributed by atoms with E-state index in [0.717, 1.165) is 19.3 Å². The Hall–Kier alpha value is -1.02. The van der Waals surface area contributed by atoms with Gasteiger partial charge in [0.25, 0.3) is 0 Å². The first-order valence-corrected chi connectivity index (χ1v) is 8.50. The predicted octanol–water partition coefficient (Wildman–Crippen LogP) is 3.86. The summed E-state index contributed by atoms with van der Waals surface area (Å²) in [5.74, 6) is 3.05. The molecule has 21 heavy (non-hydrogen) atoms. The molecule has 0 aromatic heterocycles. The number of aryl methyl sites for hydroxylation is 1. The number of phenolic OH excluding ortho intramolecular Hbond substituents is 1. The molecular weight excluding hydrogens is 260 g/mol. The normalized spacial score (nSPS) is 44.8. The van der Waals surface area contributed by atoms with Crippen molar-refractivity contribution in [3.63, 3.8) is 0 Å². The topological polar surface area (TPSA) is 40.5 Å². The van der Waals surface area contributed by atoms with Gasteiger partial charge in [0.05, 0.1) is 6.10 Å². The molecule has 1 aromatic rings. The fraction of sp³-hybridized carbons (Fsp3) is 0.684. The number of benzene rings is 1. The standard InChI is InChI=1S/C19H26O2/c1-11-9-17(21)19(2)8-7-15-14-6-4-13(20)10-12(14)3-5-16(15)18(11)19/h4,6,10-11,15-18,20-21H,3,5,7-9H2,1-2H3/t11-,15?,16?,17?,18?,19?/m0/s1. The lowest BCUT2D eigenvalue weighted by molar-refractivity contribution is -0.0286. The monoisotopic (exact) mass is 286 g/mol. The second-order valence-corrected chi connectivity index (χ2v) is 7.99. The van der Waals surface area contributed by atoms with E-state index in [2.05, 4.69) is 19.9 Å². The number of aliphatic hydroxyl groups excluding tert-OH is 1. The van der Waals surface area contributed by atoms with E-state index in [4.69, 9.17) is 0 Å². The second-order valence-electron chi connectivity index (χ2n) is 7.99. The van der Waals surface area contributed by atoms with Crippen LogP contribution >= 0.6 is 0 Å². The fourth-order valence-electron chi connectivity index (χ4n) is 6.07. The number of phenols is 1. The van der Waals surface area contributed by atoms with Crippen LogP contribution in [0.4, 0.5) is 0 Å². The van der Waals surface area contributed by atoms with Crippen LogP contribution in [0.3, 0.4) is 0 Å². The Bertz CT molecular complexity index is 567. The molecule has 2 heteroatoms. The minimum absolute atomic E-state index is 0.111. The lowest BCUT2D eigenvalue weighted by atomic mass is 9.54. The van der Waals surface area contributed by atoms with E-state index in [1.807, 2.05) is 12.1 Å². The van der Waals surface area contributed by atoms with E-state index in [-0.39, 0.29) is 11.5 Å². The largest absolute Gasteiger partial charge is 0.508 e. The predicted molar refractivity (Wildman–Crippen MR) is 83.3 cm³/mol. The van der Waals surface area contributed by atoms with Gasteiger partial charge in [-0.3, -0.25) is 0 Å². The SMILES string of the molecule is C[C@H]1CC(O)C2(C)CCC3c4ccc(O)cc4CCC3C12. The molecule has 3 aliphatic rings. The molecule has 1 aromatic carbocycles. The molecule has 114 valence electrons. The Balaban J connectivity index is 1.73. The van der Waals surface area contributed by atoms with E-state index in [0.29, 0.717) is 29.4 Å². The average Bonchev–Trinajstić information content (AvgIpc) is 2.68. The van der Waals surface area contributed by atoms with Crippen molar-refractivity contribution in [2.75, 3.05) is 0 Å². The number of aromatic hydroxyl groups is 1. The number of hydrogen-bond donors (Lipinski definition) is 2. The number of hydrogen-bond acceptors (Lipinski definition) is 2. The molecular formula is C19H26O2. The van der Waals surface area contributed by atoms with Crippen molar-refractivity contribution in [1.82, 2.24) is 0 Å². The molecule has 0 amide bonds. The molecule has 5 unspecified atom stereocenters. The van der Waals surface area contributed by atoms with Crippen LogP contribution in [-0.4, -0.2) is 16.3 Å². The summed E-state index contributed by atoms with van der Waals surface area (Å²) in [5.41, 5.74) is 2.96. The lowest BCUT2D eigenvalue weighted by Gasteiger charge is -2.51. The zero-order valence-corrected chi connectivity index (χ0v) is 13.0. The summed E-state index contributed by atoms with van der Waals surface area (Å²) < 4.78 is 0. The van der Waals surface area contributed by atoms with E-state index >= 15 is 0 Å². The third kappa shape index (κ3) is 1.81. The highest BCUT2D eigenvalue weighted by atomic mass is 16.3. The molecule has 2 nitrogen and oxygen atoms in total. The Morgan fingerprint density at radius 3 is 2.86 bits per heavy atom. The van der Waals surface area contributed by atoms with Gasteiger partial charge in [-0.2, -0.15) is 0 Å². The molecule has 0 heterocycles. The highest BCUT2D eigenvalue weighted by molar-refractivity contribution is 5.40. The molecule has 2 fully saturated rings. The van der Waals surface area contributed by atoms with E-state index in [1.165, 1.54) is 24.0 Å². The molecule has 6 atom stereocenters. The summed E-state index contributed by atoms with van der Waals surface area (Å²) in [7, 11) is 0. The first-order chi connectivity index (χ1) is 10.0. The molecule has 2 saturated carbocycles. The van der Waals surface area contributed by atoms with Crippen molar-refractivity contribution in [2.24, 2.45) is 23.2 Å². The van der Waals surface area contributed by atoms with Crippen LogP contribution in [0.1, 0.15) is 56.6 Å². The molecule has 0 radical (unpaired) electrons. The molecule has 4 rings (SSSR count). The Morgan fingerprint density at radius 1 is 1.24 bits per heavy atom. The van der Waals surface area contributed by atoms with Crippen LogP contribution in [0.2, 0.25) is 0 Å². The van der Waals surface area contributed by atoms with E-state index in [1.54, 1.807) is 0 Å². The van der Waals surface area contributed by atoms with Crippen LogP contribution in [-0.2, 0) is 6.42 Å². The second kappa shape index (κ2) is 4.49. The zero-order valence-electron chi connectivity index (χ0n) is 13.0. The van der Waals surface area contributed by atoms with Crippen LogP contribution in [0.15, 0.2) is 18.2 Å². The van der Waals surface area contributed by atoms with Gasteiger partial charge in [-0.05, 0) is 84.5 Å². The van der Waals surface area contributed by atoms with Crippen LogP contribution in [0.5, 0.6) is 5.75 Å². The molecule has 3 aliphatic carbocycles. The molecule has 0 spiro atoms. The van der Waals surface area contributed by atoms with Crippen LogP contribution in [0.25, 0.3) is 0 Å². The van der Waals surface area contributed by atoms with Crippen molar-refractivity contribution >= 4 is 0 Å². The van der Waals surface area contributed by atoms with Gasteiger partial charge in [0, 0.05) is 0 Å². The summed E-state index contributed by atoms with van der Waals surface area (Å²) in [6, 6.07) is 5.97. The fourth-order valence-corrected chi connectivity index (χ4v) is 6.07. The smallest absolute Gasteiger partial charge is 0.115 e.